The van der Waals surface area contributed by atoms with Gasteiger partial charge in [-0.1, -0.05) is 27.5 Å². The van der Waals surface area contributed by atoms with Crippen LogP contribution in [-0.4, -0.2) is 46.5 Å². The van der Waals surface area contributed by atoms with Crippen LogP contribution in [0.1, 0.15) is 29.6 Å². The van der Waals surface area contributed by atoms with Crippen molar-refractivity contribution in [2.45, 2.75) is 31.9 Å². The molecule has 3 N–H and O–H groups in total. The van der Waals surface area contributed by atoms with E-state index in [9.17, 15) is 4.79 Å². The quantitative estimate of drug-likeness (QED) is 0.286. The van der Waals surface area contributed by atoms with Crippen LogP contribution in [0.2, 0.25) is 5.02 Å². The maximum atomic E-state index is 15.7. The maximum absolute atomic E-state index is 15.7. The van der Waals surface area contributed by atoms with Gasteiger partial charge in [-0.3, -0.25) is 9.63 Å². The van der Waals surface area contributed by atoms with Gasteiger partial charge in [-0.25, -0.2) is 14.9 Å². The van der Waals surface area contributed by atoms with Gasteiger partial charge in [0.1, 0.15) is 5.52 Å². The molecule has 1 aromatic heterocycles. The van der Waals surface area contributed by atoms with Crippen molar-refractivity contribution in [3.05, 3.63) is 51.5 Å². The van der Waals surface area contributed by atoms with Crippen molar-refractivity contribution < 1.29 is 23.9 Å². The number of benzene rings is 2. The number of amides is 1. The number of rotatable bonds is 8. The summed E-state index contributed by atoms with van der Waals surface area (Å²) in [7, 11) is 0. The Morgan fingerprint density at radius 3 is 2.97 bits per heavy atom. The number of aromatic nitrogens is 2. The molecule has 0 bridgehead atoms. The lowest BCUT2D eigenvalue weighted by atomic mass is 10.1. The van der Waals surface area contributed by atoms with Gasteiger partial charge in [-0.05, 0) is 43.5 Å². The smallest absolute Gasteiger partial charge is 0.277 e. The molecule has 1 aliphatic heterocycles. The Morgan fingerprint density at radius 1 is 1.39 bits per heavy atom. The molecule has 0 aliphatic carbocycles. The lowest BCUT2D eigenvalue weighted by molar-refractivity contribution is 0.00661. The molecule has 33 heavy (non-hydrogen) atoms. The van der Waals surface area contributed by atoms with Gasteiger partial charge >= 0.3 is 0 Å². The monoisotopic (exact) mass is 540 g/mol. The number of ether oxygens (including phenoxy) is 1. The van der Waals surface area contributed by atoms with Crippen LogP contribution in [0.4, 0.5) is 15.8 Å². The summed E-state index contributed by atoms with van der Waals surface area (Å²) in [6, 6.07) is 6.62. The lowest BCUT2D eigenvalue weighted by Gasteiger charge is -2.23. The number of carbonyl (C=O) groups is 1. The van der Waals surface area contributed by atoms with Gasteiger partial charge in [0.2, 0.25) is 0 Å². The third-order valence-corrected chi connectivity index (χ3v) is 6.13. The fourth-order valence-corrected chi connectivity index (χ4v) is 4.44. The summed E-state index contributed by atoms with van der Waals surface area (Å²) in [6.45, 7) is 0.822. The predicted molar refractivity (Wildman–Crippen MR) is 126 cm³/mol. The van der Waals surface area contributed by atoms with E-state index in [0.717, 1.165) is 23.7 Å². The van der Waals surface area contributed by atoms with E-state index in [2.05, 4.69) is 31.7 Å². The molecule has 1 aliphatic rings. The molecular formula is C22H23BrClFN4O4. The predicted octanol–water partition coefficient (Wildman–Crippen LogP) is 4.56. The number of imidazole rings is 1. The third-order valence-electron chi connectivity index (χ3n) is 5.32. The fourth-order valence-electron chi connectivity index (χ4n) is 3.72. The number of halogens is 3. The van der Waals surface area contributed by atoms with E-state index >= 15 is 4.39 Å². The Morgan fingerprint density at radius 2 is 2.24 bits per heavy atom. The second kappa shape index (κ2) is 10.8. The zero-order valence-corrected chi connectivity index (χ0v) is 20.0. The summed E-state index contributed by atoms with van der Waals surface area (Å²) in [4.78, 5) is 22.1. The van der Waals surface area contributed by atoms with Crippen molar-refractivity contribution in [2.24, 2.45) is 0 Å². The van der Waals surface area contributed by atoms with Gasteiger partial charge in [0, 0.05) is 11.1 Å². The highest BCUT2D eigenvalue weighted by atomic mass is 79.9. The van der Waals surface area contributed by atoms with Crippen molar-refractivity contribution in [3.63, 3.8) is 0 Å². The second-order valence-electron chi connectivity index (χ2n) is 7.62. The third kappa shape index (κ3) is 5.47. The molecule has 1 saturated heterocycles. The summed E-state index contributed by atoms with van der Waals surface area (Å²) in [5.74, 6) is -1.37. The van der Waals surface area contributed by atoms with Crippen LogP contribution in [0, 0.1) is 5.82 Å². The minimum absolute atomic E-state index is 0.00300. The molecule has 4 rings (SSSR count). The molecule has 0 unspecified atom stereocenters. The molecule has 3 aromatic rings. The number of fused-ring (bicyclic) bond motifs is 1. The number of hydrogen-bond acceptors (Lipinski definition) is 6. The number of anilines is 2. The van der Waals surface area contributed by atoms with E-state index in [1.807, 2.05) is 0 Å². The van der Waals surface area contributed by atoms with Crippen molar-refractivity contribution in [1.29, 1.82) is 0 Å². The average molecular weight is 542 g/mol. The summed E-state index contributed by atoms with van der Waals surface area (Å²) in [5, 5.41) is 12.2. The molecule has 0 radical (unpaired) electrons. The van der Waals surface area contributed by atoms with Crippen LogP contribution in [0.25, 0.3) is 11.0 Å². The average Bonchev–Trinajstić information content (AvgIpc) is 3.20. The van der Waals surface area contributed by atoms with Crippen molar-refractivity contribution in [3.8, 4) is 0 Å². The minimum atomic E-state index is -0.692. The van der Waals surface area contributed by atoms with Crippen molar-refractivity contribution in [2.75, 3.05) is 25.1 Å². The lowest BCUT2D eigenvalue weighted by Crippen LogP contribution is -2.26. The van der Waals surface area contributed by atoms with Gasteiger partial charge < -0.3 is 19.7 Å². The Kier molecular flexibility index (Phi) is 7.82. The molecule has 11 heteroatoms. The first kappa shape index (κ1) is 23.9. The fraction of sp³-hybridized carbons (Fsp3) is 0.364. The van der Waals surface area contributed by atoms with Crippen LogP contribution < -0.4 is 10.8 Å². The number of nitrogens with one attached hydrogen (secondary N) is 2. The van der Waals surface area contributed by atoms with Crippen molar-refractivity contribution >= 4 is 55.8 Å². The van der Waals surface area contributed by atoms with E-state index in [1.165, 1.54) is 0 Å². The summed E-state index contributed by atoms with van der Waals surface area (Å²) < 4.78 is 24.0. The molecule has 2 aromatic carbocycles. The number of carbonyl (C=O) groups excluding carboxylic acids is 1. The normalized spacial score (nSPS) is 16.2. The Balaban J connectivity index is 1.74. The first-order chi connectivity index (χ1) is 16.0. The molecule has 2 heterocycles. The number of hydrogen-bond donors (Lipinski definition) is 3. The number of nitrogens with zero attached hydrogens (tertiary/aromatic N) is 2. The largest absolute Gasteiger partial charge is 0.394 e. The molecule has 1 fully saturated rings. The van der Waals surface area contributed by atoms with Crippen LogP contribution in [0.3, 0.4) is 0 Å². The number of aliphatic hydroxyl groups is 1. The van der Waals surface area contributed by atoms with Crippen LogP contribution >= 0.6 is 27.5 Å². The standard InChI is InChI=1S/C22H23BrClFN4O4/c23-13-4-5-17(16(24)9-13)27-20-15(22(31)28-33-8-6-30)10-18-21(19(20)25)26-12-29(18)11-14-3-1-2-7-32-14/h4-5,9-10,12,14,27,30H,1-3,6-8,11H2,(H,28,31)/t14-/m0/s1. The van der Waals surface area contributed by atoms with Gasteiger partial charge in [0.05, 0.1) is 59.7 Å². The molecule has 8 nitrogen and oxygen atoms in total. The van der Waals surface area contributed by atoms with Gasteiger partial charge in [0.15, 0.2) is 5.82 Å². The van der Waals surface area contributed by atoms with E-state index in [4.69, 9.17) is 26.3 Å². The molecule has 176 valence electrons. The SMILES string of the molecule is O=C(NOCCO)c1cc2c(ncn2C[C@@H]2CCCCO2)c(F)c1Nc1ccc(Br)cc1Cl. The second-order valence-corrected chi connectivity index (χ2v) is 8.94. The van der Waals surface area contributed by atoms with E-state index < -0.39 is 11.7 Å². The zero-order valence-electron chi connectivity index (χ0n) is 17.6. The maximum Gasteiger partial charge on any atom is 0.277 e. The van der Waals surface area contributed by atoms with Crippen LogP contribution in [-0.2, 0) is 16.1 Å². The van der Waals surface area contributed by atoms with Crippen LogP contribution in [0.5, 0.6) is 0 Å². The number of hydroxylamine groups is 1. The van der Waals surface area contributed by atoms with Crippen molar-refractivity contribution in [1.82, 2.24) is 15.0 Å². The highest BCUT2D eigenvalue weighted by Gasteiger charge is 2.24. The summed E-state index contributed by atoms with van der Waals surface area (Å²) in [6.07, 6.45) is 4.56. The Labute approximate surface area is 203 Å². The first-order valence-corrected chi connectivity index (χ1v) is 11.7. The Hall–Kier alpha value is -2.24. The highest BCUT2D eigenvalue weighted by Crippen LogP contribution is 2.34. The first-order valence-electron chi connectivity index (χ1n) is 10.5. The highest BCUT2D eigenvalue weighted by molar-refractivity contribution is 9.10. The molecule has 1 atom stereocenters. The van der Waals surface area contributed by atoms with Crippen LogP contribution in [0.15, 0.2) is 35.1 Å². The molecule has 0 spiro atoms. The molecule has 0 saturated carbocycles. The Bertz CT molecular complexity index is 1150. The summed E-state index contributed by atoms with van der Waals surface area (Å²) in [5.41, 5.74) is 3.14. The van der Waals surface area contributed by atoms with E-state index in [0.29, 0.717) is 29.4 Å². The molecule has 1 amide bonds. The topological polar surface area (TPSA) is 97.6 Å². The van der Waals surface area contributed by atoms with Gasteiger partial charge in [-0.15, -0.1) is 0 Å². The minimum Gasteiger partial charge on any atom is -0.394 e. The zero-order chi connectivity index (χ0) is 23.4. The van der Waals surface area contributed by atoms with E-state index in [-0.39, 0.29) is 36.1 Å². The van der Waals surface area contributed by atoms with Gasteiger partial charge in [-0.2, -0.15) is 0 Å². The van der Waals surface area contributed by atoms with Gasteiger partial charge in [0.25, 0.3) is 5.91 Å². The van der Waals surface area contributed by atoms with E-state index in [1.54, 1.807) is 35.2 Å². The molecular weight excluding hydrogens is 519 g/mol. The number of aliphatic hydroxyl groups excluding tert-OH is 1. The summed E-state index contributed by atoms with van der Waals surface area (Å²) >= 11 is 9.63.